The molecule has 7 nitrogen and oxygen atoms in total. The van der Waals surface area contributed by atoms with Gasteiger partial charge in [-0.1, -0.05) is 24.3 Å². The zero-order chi connectivity index (χ0) is 24.7. The van der Waals surface area contributed by atoms with Crippen LogP contribution in [-0.2, 0) is 14.3 Å². The van der Waals surface area contributed by atoms with Gasteiger partial charge in [0.25, 0.3) is 0 Å². The van der Waals surface area contributed by atoms with Crippen LogP contribution in [0, 0.1) is 6.92 Å². The Morgan fingerprint density at radius 3 is 2.19 bits per heavy atom. The fraction of sp³-hybridized carbons (Fsp3) is 0.625. The first-order valence-electron chi connectivity index (χ1n) is 10.8. The molecule has 2 atom stereocenters. The minimum Gasteiger partial charge on any atom is -0.444 e. The predicted molar refractivity (Wildman–Crippen MR) is 131 cm³/mol. The van der Waals surface area contributed by atoms with Crippen LogP contribution >= 0.6 is 11.8 Å². The van der Waals surface area contributed by atoms with Gasteiger partial charge in [0.05, 0.1) is 0 Å². The van der Waals surface area contributed by atoms with E-state index in [-0.39, 0.29) is 11.8 Å². The summed E-state index contributed by atoms with van der Waals surface area (Å²) in [6.45, 7) is 12.9. The summed E-state index contributed by atoms with van der Waals surface area (Å²) in [5, 5.41) is 5.69. The summed E-state index contributed by atoms with van der Waals surface area (Å²) in [7, 11) is 1.60. The van der Waals surface area contributed by atoms with Crippen molar-refractivity contribution in [1.82, 2.24) is 15.5 Å². The topological polar surface area (TPSA) is 87.7 Å². The number of likely N-dealkylation sites (N-methyl/N-ethyl adjacent to an activating group) is 1. The summed E-state index contributed by atoms with van der Waals surface area (Å²) in [5.74, 6) is 0.0502. The van der Waals surface area contributed by atoms with Crippen LogP contribution in [-0.4, -0.2) is 59.0 Å². The van der Waals surface area contributed by atoms with E-state index in [1.807, 2.05) is 58.2 Å². The van der Waals surface area contributed by atoms with Gasteiger partial charge in [-0.05, 0) is 78.0 Å². The number of rotatable bonds is 8. The summed E-state index contributed by atoms with van der Waals surface area (Å²) < 4.78 is 5.35. The monoisotopic (exact) mass is 465 g/mol. The zero-order valence-electron chi connectivity index (χ0n) is 20.9. The van der Waals surface area contributed by atoms with E-state index in [0.29, 0.717) is 12.2 Å². The highest BCUT2D eigenvalue weighted by atomic mass is 32.2. The molecule has 0 aromatic heterocycles. The predicted octanol–water partition coefficient (Wildman–Crippen LogP) is 4.06. The molecule has 1 aromatic carbocycles. The van der Waals surface area contributed by atoms with E-state index in [9.17, 15) is 14.4 Å². The first-order valence-corrected chi connectivity index (χ1v) is 12.2. The molecule has 3 amide bonds. The van der Waals surface area contributed by atoms with Crippen LogP contribution in [0.1, 0.15) is 65.1 Å². The normalized spacial score (nSPS) is 13.7. The van der Waals surface area contributed by atoms with Crippen molar-refractivity contribution in [2.45, 2.75) is 78.1 Å². The first-order chi connectivity index (χ1) is 14.7. The minimum absolute atomic E-state index is 0.275. The van der Waals surface area contributed by atoms with Crippen LogP contribution in [0.4, 0.5) is 4.79 Å². The highest BCUT2D eigenvalue weighted by molar-refractivity contribution is 7.98. The molecule has 0 spiro atoms. The Bertz CT molecular complexity index is 799. The number of thioether (sulfide) groups is 1. The number of aryl methyl sites for hydroxylation is 1. The van der Waals surface area contributed by atoms with Crippen LogP contribution in [0.5, 0.6) is 0 Å². The van der Waals surface area contributed by atoms with Crippen molar-refractivity contribution in [3.63, 3.8) is 0 Å². The third kappa shape index (κ3) is 9.10. The molecule has 0 heterocycles. The number of amides is 3. The van der Waals surface area contributed by atoms with Gasteiger partial charge in [-0.3, -0.25) is 9.59 Å². The maximum Gasteiger partial charge on any atom is 0.408 e. The zero-order valence-corrected chi connectivity index (χ0v) is 21.7. The molecule has 0 saturated carbocycles. The van der Waals surface area contributed by atoms with E-state index >= 15 is 0 Å². The lowest BCUT2D eigenvalue weighted by molar-refractivity contribution is -0.141. The molecule has 0 radical (unpaired) electrons. The van der Waals surface area contributed by atoms with Crippen molar-refractivity contribution in [3.05, 3.63) is 35.4 Å². The van der Waals surface area contributed by atoms with Crippen LogP contribution in [0.2, 0.25) is 0 Å². The van der Waals surface area contributed by atoms with E-state index < -0.39 is 29.3 Å². The Kier molecular flexibility index (Phi) is 10.1. The van der Waals surface area contributed by atoms with Crippen LogP contribution in [0.3, 0.4) is 0 Å². The van der Waals surface area contributed by atoms with Crippen molar-refractivity contribution in [3.8, 4) is 0 Å². The van der Waals surface area contributed by atoms with Crippen molar-refractivity contribution in [2.24, 2.45) is 0 Å². The summed E-state index contributed by atoms with van der Waals surface area (Å²) in [6.07, 6.45) is 1.70. The van der Waals surface area contributed by atoms with E-state index in [0.717, 1.165) is 11.1 Å². The second kappa shape index (κ2) is 11.6. The molecule has 0 aliphatic rings. The smallest absolute Gasteiger partial charge is 0.408 e. The van der Waals surface area contributed by atoms with Gasteiger partial charge in [0.15, 0.2) is 0 Å². The molecule has 0 bridgehead atoms. The molecule has 0 aliphatic carbocycles. The van der Waals surface area contributed by atoms with Gasteiger partial charge in [0.1, 0.15) is 17.7 Å². The molecule has 1 rings (SSSR count). The Morgan fingerprint density at radius 1 is 1.09 bits per heavy atom. The first kappa shape index (κ1) is 27.8. The number of hydrogen-bond acceptors (Lipinski definition) is 5. The number of benzene rings is 1. The summed E-state index contributed by atoms with van der Waals surface area (Å²) in [5.41, 5.74) is 0.502. The second-order valence-corrected chi connectivity index (χ2v) is 10.9. The molecular formula is C24H39N3O4S. The van der Waals surface area contributed by atoms with Gasteiger partial charge in [-0.2, -0.15) is 11.8 Å². The van der Waals surface area contributed by atoms with Gasteiger partial charge < -0.3 is 20.3 Å². The standard InChI is InChI=1S/C24H39N3O4S/c1-16-12-10-11-13-17(16)19(20(28)26-23(2,3)4)27(8)21(29)18(14-15-32-9)25-22(30)31-24(5,6)7/h10-13,18-19H,14-15H2,1-9H3,(H,25,30)(H,26,28). The largest absolute Gasteiger partial charge is 0.444 e. The third-order valence-electron chi connectivity index (χ3n) is 4.56. The highest BCUT2D eigenvalue weighted by Gasteiger charge is 2.35. The lowest BCUT2D eigenvalue weighted by Crippen LogP contribution is -2.53. The van der Waals surface area contributed by atoms with Crippen molar-refractivity contribution >= 4 is 29.7 Å². The SMILES string of the molecule is CSCCC(NC(=O)OC(C)(C)C)C(=O)N(C)C(C(=O)NC(C)(C)C)c1ccccc1C. The van der Waals surface area contributed by atoms with E-state index in [1.54, 1.807) is 39.6 Å². The van der Waals surface area contributed by atoms with Crippen molar-refractivity contribution in [2.75, 3.05) is 19.1 Å². The average Bonchev–Trinajstić information content (AvgIpc) is 2.63. The number of alkyl carbamates (subject to hydrolysis) is 1. The Hall–Kier alpha value is -2.22. The third-order valence-corrected chi connectivity index (χ3v) is 5.21. The molecule has 0 saturated heterocycles. The minimum atomic E-state index is -0.833. The van der Waals surface area contributed by atoms with E-state index in [2.05, 4.69) is 10.6 Å². The molecule has 32 heavy (non-hydrogen) atoms. The molecule has 8 heteroatoms. The van der Waals surface area contributed by atoms with Crippen LogP contribution < -0.4 is 10.6 Å². The van der Waals surface area contributed by atoms with E-state index in [4.69, 9.17) is 4.74 Å². The lowest BCUT2D eigenvalue weighted by atomic mass is 9.97. The average molecular weight is 466 g/mol. The molecular weight excluding hydrogens is 426 g/mol. The lowest BCUT2D eigenvalue weighted by Gasteiger charge is -2.34. The molecule has 180 valence electrons. The number of nitrogens with one attached hydrogen (secondary N) is 2. The Balaban J connectivity index is 3.26. The second-order valence-electron chi connectivity index (χ2n) is 9.93. The fourth-order valence-electron chi connectivity index (χ4n) is 3.17. The van der Waals surface area contributed by atoms with Gasteiger partial charge >= 0.3 is 6.09 Å². The quantitative estimate of drug-likeness (QED) is 0.605. The number of ether oxygens (including phenoxy) is 1. The molecule has 0 aliphatic heterocycles. The van der Waals surface area contributed by atoms with Crippen molar-refractivity contribution in [1.29, 1.82) is 0 Å². The maximum atomic E-state index is 13.5. The molecule has 0 fully saturated rings. The highest BCUT2D eigenvalue weighted by Crippen LogP contribution is 2.25. The Labute approximate surface area is 197 Å². The van der Waals surface area contributed by atoms with Gasteiger partial charge in [-0.25, -0.2) is 4.79 Å². The number of carbonyl (C=O) groups excluding carboxylic acids is 3. The number of carbonyl (C=O) groups is 3. The molecule has 2 N–H and O–H groups in total. The van der Waals surface area contributed by atoms with Crippen molar-refractivity contribution < 1.29 is 19.1 Å². The Morgan fingerprint density at radius 2 is 1.69 bits per heavy atom. The summed E-state index contributed by atoms with van der Waals surface area (Å²) in [4.78, 5) is 40.6. The molecule has 2 unspecified atom stereocenters. The summed E-state index contributed by atoms with van der Waals surface area (Å²) in [6, 6.07) is 5.86. The fourth-order valence-corrected chi connectivity index (χ4v) is 3.64. The van der Waals surface area contributed by atoms with Gasteiger partial charge in [0.2, 0.25) is 11.8 Å². The maximum absolute atomic E-state index is 13.5. The summed E-state index contributed by atoms with van der Waals surface area (Å²) >= 11 is 1.58. The number of hydrogen-bond donors (Lipinski definition) is 2. The molecule has 1 aromatic rings. The van der Waals surface area contributed by atoms with Gasteiger partial charge in [0, 0.05) is 12.6 Å². The van der Waals surface area contributed by atoms with Gasteiger partial charge in [-0.15, -0.1) is 0 Å². The number of nitrogens with zero attached hydrogens (tertiary/aromatic N) is 1. The van der Waals surface area contributed by atoms with E-state index in [1.165, 1.54) is 4.90 Å². The van der Waals surface area contributed by atoms with Crippen LogP contribution in [0.25, 0.3) is 0 Å². The van der Waals surface area contributed by atoms with Crippen LogP contribution in [0.15, 0.2) is 24.3 Å².